The van der Waals surface area contributed by atoms with Crippen molar-refractivity contribution in [3.63, 3.8) is 0 Å². The van der Waals surface area contributed by atoms with Gasteiger partial charge in [0.15, 0.2) is 0 Å². The minimum atomic E-state index is -2.80. The van der Waals surface area contributed by atoms with Crippen LogP contribution in [0.25, 0.3) is 0 Å². The van der Waals surface area contributed by atoms with Crippen molar-refractivity contribution in [2.24, 2.45) is 0 Å². The van der Waals surface area contributed by atoms with Crippen molar-refractivity contribution >= 4 is 20.2 Å². The normalized spacial score (nSPS) is 12.8. The molecule has 1 unspecified atom stereocenters. The SMILES string of the molecule is CO[Si](OC)(OC)C(CNc1ccccc1N)Cc1ccccc1. The summed E-state index contributed by atoms with van der Waals surface area (Å²) >= 11 is 0. The summed E-state index contributed by atoms with van der Waals surface area (Å²) < 4.78 is 17.1. The third-order valence-electron chi connectivity index (χ3n) is 4.18. The Balaban J connectivity index is 2.20. The van der Waals surface area contributed by atoms with Crippen LogP contribution in [0.5, 0.6) is 0 Å². The summed E-state index contributed by atoms with van der Waals surface area (Å²) in [6, 6.07) is 18.0. The Morgan fingerprint density at radius 1 is 0.917 bits per heavy atom. The van der Waals surface area contributed by atoms with Gasteiger partial charge in [0.2, 0.25) is 0 Å². The number of benzene rings is 2. The Hall–Kier alpha value is -1.86. The van der Waals surface area contributed by atoms with Gasteiger partial charge in [0.1, 0.15) is 0 Å². The first-order valence-corrected chi connectivity index (χ1v) is 9.73. The van der Waals surface area contributed by atoms with E-state index in [4.69, 9.17) is 19.0 Å². The number of anilines is 2. The van der Waals surface area contributed by atoms with E-state index >= 15 is 0 Å². The van der Waals surface area contributed by atoms with Crippen LogP contribution in [0.4, 0.5) is 11.4 Å². The Morgan fingerprint density at radius 3 is 2.08 bits per heavy atom. The van der Waals surface area contributed by atoms with E-state index in [1.54, 1.807) is 21.3 Å². The van der Waals surface area contributed by atoms with Crippen molar-refractivity contribution in [1.29, 1.82) is 0 Å². The van der Waals surface area contributed by atoms with Gasteiger partial charge < -0.3 is 24.3 Å². The average molecular weight is 347 g/mol. The first-order chi connectivity index (χ1) is 11.6. The second-order valence-electron chi connectivity index (χ2n) is 5.57. The number of hydrogen-bond acceptors (Lipinski definition) is 5. The predicted octanol–water partition coefficient (Wildman–Crippen LogP) is 3.17. The molecule has 0 aliphatic rings. The van der Waals surface area contributed by atoms with Gasteiger partial charge in [-0.3, -0.25) is 0 Å². The van der Waals surface area contributed by atoms with Crippen LogP contribution in [0.2, 0.25) is 5.54 Å². The van der Waals surface area contributed by atoms with Gasteiger partial charge in [0.05, 0.1) is 16.9 Å². The van der Waals surface area contributed by atoms with Gasteiger partial charge in [0.25, 0.3) is 0 Å². The van der Waals surface area contributed by atoms with E-state index in [0.717, 1.165) is 17.8 Å². The highest BCUT2D eigenvalue weighted by Gasteiger charge is 2.47. The summed E-state index contributed by atoms with van der Waals surface area (Å²) in [4.78, 5) is 0. The molecule has 2 aromatic carbocycles. The molecule has 0 saturated heterocycles. The summed E-state index contributed by atoms with van der Waals surface area (Å²) in [6.07, 6.45) is 0.794. The summed E-state index contributed by atoms with van der Waals surface area (Å²) in [5.74, 6) is 0. The van der Waals surface area contributed by atoms with Crippen molar-refractivity contribution in [2.45, 2.75) is 12.0 Å². The van der Waals surface area contributed by atoms with Crippen molar-refractivity contribution in [2.75, 3.05) is 38.9 Å². The fraction of sp³-hybridized carbons (Fsp3) is 0.333. The second kappa shape index (κ2) is 8.84. The third kappa shape index (κ3) is 4.36. The molecule has 130 valence electrons. The van der Waals surface area contributed by atoms with Crippen LogP contribution in [0.1, 0.15) is 5.56 Å². The van der Waals surface area contributed by atoms with Crippen LogP contribution in [0.3, 0.4) is 0 Å². The molecule has 2 rings (SSSR count). The van der Waals surface area contributed by atoms with Gasteiger partial charge in [-0.25, -0.2) is 0 Å². The van der Waals surface area contributed by atoms with Crippen LogP contribution in [-0.2, 0) is 19.7 Å². The van der Waals surface area contributed by atoms with Crippen LogP contribution < -0.4 is 11.1 Å². The topological polar surface area (TPSA) is 65.7 Å². The molecule has 0 amide bonds. The number of nitrogen functional groups attached to an aromatic ring is 1. The molecule has 1 atom stereocenters. The molecule has 24 heavy (non-hydrogen) atoms. The van der Waals surface area contributed by atoms with Gasteiger partial charge in [-0.15, -0.1) is 0 Å². The van der Waals surface area contributed by atoms with Crippen LogP contribution in [-0.4, -0.2) is 36.7 Å². The fourth-order valence-corrected chi connectivity index (χ4v) is 5.20. The Bertz CT molecular complexity index is 612. The third-order valence-corrected chi connectivity index (χ3v) is 7.29. The molecule has 0 aliphatic carbocycles. The van der Waals surface area contributed by atoms with Gasteiger partial charge >= 0.3 is 8.80 Å². The molecule has 2 aromatic rings. The molecule has 0 heterocycles. The van der Waals surface area contributed by atoms with E-state index in [-0.39, 0.29) is 5.54 Å². The lowest BCUT2D eigenvalue weighted by Gasteiger charge is -2.33. The maximum Gasteiger partial charge on any atom is 0.505 e. The molecule has 6 heteroatoms. The van der Waals surface area contributed by atoms with E-state index in [9.17, 15) is 0 Å². The van der Waals surface area contributed by atoms with Crippen LogP contribution in [0.15, 0.2) is 54.6 Å². The molecule has 0 aliphatic heterocycles. The number of nitrogens with one attached hydrogen (secondary N) is 1. The molecule has 0 fully saturated rings. The molecular formula is C18H26N2O3Si. The maximum absolute atomic E-state index is 6.02. The maximum atomic E-state index is 6.02. The zero-order valence-electron chi connectivity index (χ0n) is 14.5. The van der Waals surface area contributed by atoms with Gasteiger partial charge in [0, 0.05) is 27.9 Å². The van der Waals surface area contributed by atoms with E-state index in [1.165, 1.54) is 5.56 Å². The Morgan fingerprint density at radius 2 is 1.50 bits per heavy atom. The monoisotopic (exact) mass is 346 g/mol. The first-order valence-electron chi connectivity index (χ1n) is 7.93. The first kappa shape index (κ1) is 18.5. The minimum absolute atomic E-state index is 0.0551. The van der Waals surface area contributed by atoms with Crippen LogP contribution >= 0.6 is 0 Å². The summed E-state index contributed by atoms with van der Waals surface area (Å²) in [7, 11) is 2.14. The zero-order chi connectivity index (χ0) is 17.4. The van der Waals surface area contributed by atoms with Crippen LogP contribution in [0, 0.1) is 0 Å². The van der Waals surface area contributed by atoms with Crippen molar-refractivity contribution in [1.82, 2.24) is 0 Å². The molecular weight excluding hydrogens is 320 g/mol. The zero-order valence-corrected chi connectivity index (χ0v) is 15.5. The van der Waals surface area contributed by atoms with Gasteiger partial charge in [-0.1, -0.05) is 42.5 Å². The molecule has 3 N–H and O–H groups in total. The van der Waals surface area contributed by atoms with E-state index in [1.807, 2.05) is 42.5 Å². The molecule has 0 saturated carbocycles. The average Bonchev–Trinajstić information content (AvgIpc) is 2.63. The van der Waals surface area contributed by atoms with Crippen molar-refractivity contribution in [3.8, 4) is 0 Å². The Kier molecular flexibility index (Phi) is 6.81. The lowest BCUT2D eigenvalue weighted by molar-refractivity contribution is 0.112. The van der Waals surface area contributed by atoms with Crippen molar-refractivity contribution in [3.05, 3.63) is 60.2 Å². The number of para-hydroxylation sites is 2. The van der Waals surface area contributed by atoms with Gasteiger partial charge in [-0.2, -0.15) is 0 Å². The van der Waals surface area contributed by atoms with E-state index < -0.39 is 8.80 Å². The predicted molar refractivity (Wildman–Crippen MR) is 100 cm³/mol. The minimum Gasteiger partial charge on any atom is -0.397 e. The summed E-state index contributed by atoms with van der Waals surface area (Å²) in [5, 5.41) is 3.41. The number of rotatable bonds is 9. The van der Waals surface area contributed by atoms with E-state index in [0.29, 0.717) is 6.54 Å². The smallest absolute Gasteiger partial charge is 0.397 e. The Labute approximate surface area is 145 Å². The van der Waals surface area contributed by atoms with Gasteiger partial charge in [-0.05, 0) is 24.1 Å². The molecule has 0 bridgehead atoms. The van der Waals surface area contributed by atoms with Crippen molar-refractivity contribution < 1.29 is 13.3 Å². The molecule has 0 radical (unpaired) electrons. The van der Waals surface area contributed by atoms with E-state index in [2.05, 4.69) is 17.4 Å². The highest BCUT2D eigenvalue weighted by Crippen LogP contribution is 2.29. The number of hydrogen-bond donors (Lipinski definition) is 2. The largest absolute Gasteiger partial charge is 0.505 e. The highest BCUT2D eigenvalue weighted by molar-refractivity contribution is 6.62. The summed E-state index contributed by atoms with van der Waals surface area (Å²) in [6.45, 7) is 0.644. The lowest BCUT2D eigenvalue weighted by Crippen LogP contribution is -2.50. The fourth-order valence-electron chi connectivity index (χ4n) is 2.86. The molecule has 0 spiro atoms. The quantitative estimate of drug-likeness (QED) is 0.539. The highest BCUT2D eigenvalue weighted by atomic mass is 28.4. The molecule has 5 nitrogen and oxygen atoms in total. The lowest BCUT2D eigenvalue weighted by atomic mass is 10.1. The summed E-state index contributed by atoms with van der Waals surface area (Å²) in [5.41, 5.74) is 8.91. The second-order valence-corrected chi connectivity index (χ2v) is 8.82. The standard InChI is InChI=1S/C18H26N2O3Si/c1-21-24(22-2,23-3)16(13-15-9-5-4-6-10-15)14-20-18-12-8-7-11-17(18)19/h4-12,16,20H,13-14,19H2,1-3H3. The number of nitrogens with two attached hydrogens (primary N) is 1. The molecule has 0 aromatic heterocycles.